The van der Waals surface area contributed by atoms with Gasteiger partial charge < -0.3 is 9.84 Å². The highest BCUT2D eigenvalue weighted by molar-refractivity contribution is 9.11. The van der Waals surface area contributed by atoms with Gasteiger partial charge in [0.25, 0.3) is 5.91 Å². The number of benzene rings is 3. The first-order chi connectivity index (χ1) is 14.0. The third kappa shape index (κ3) is 5.68. The van der Waals surface area contributed by atoms with Crippen LogP contribution in [0.15, 0.2) is 79.2 Å². The molecule has 5 nitrogen and oxygen atoms in total. The fourth-order valence-corrected chi connectivity index (χ4v) is 4.76. The van der Waals surface area contributed by atoms with Crippen LogP contribution in [0, 0.1) is 0 Å². The molecular formula is C21H15Br3N2O3. The molecular weight excluding hydrogens is 568 g/mol. The van der Waals surface area contributed by atoms with E-state index in [1.807, 2.05) is 54.6 Å². The van der Waals surface area contributed by atoms with Gasteiger partial charge in [-0.25, -0.2) is 5.43 Å². The van der Waals surface area contributed by atoms with Gasteiger partial charge in [0.15, 0.2) is 6.61 Å². The molecule has 1 amide bonds. The van der Waals surface area contributed by atoms with Crippen LogP contribution in [-0.2, 0) is 4.79 Å². The van der Waals surface area contributed by atoms with Gasteiger partial charge in [-0.3, -0.25) is 4.79 Å². The third-order valence-corrected chi connectivity index (χ3v) is 5.96. The van der Waals surface area contributed by atoms with Crippen LogP contribution in [0.3, 0.4) is 0 Å². The summed E-state index contributed by atoms with van der Waals surface area (Å²) in [6.07, 6.45) is 1.42. The molecule has 0 aliphatic rings. The predicted molar refractivity (Wildman–Crippen MR) is 124 cm³/mol. The molecule has 0 spiro atoms. The first-order valence-electron chi connectivity index (χ1n) is 8.42. The lowest BCUT2D eigenvalue weighted by Crippen LogP contribution is -2.24. The fraction of sp³-hybridized carbons (Fsp3) is 0.0476. The van der Waals surface area contributed by atoms with Gasteiger partial charge in [-0.15, -0.1) is 0 Å². The molecule has 0 atom stereocenters. The van der Waals surface area contributed by atoms with Crippen LogP contribution in [0.2, 0.25) is 0 Å². The third-order valence-electron chi connectivity index (χ3n) is 3.90. The van der Waals surface area contributed by atoms with E-state index in [4.69, 9.17) is 4.74 Å². The van der Waals surface area contributed by atoms with Crippen LogP contribution in [0.25, 0.3) is 11.1 Å². The van der Waals surface area contributed by atoms with Crippen molar-refractivity contribution in [3.05, 3.63) is 79.6 Å². The highest BCUT2D eigenvalue weighted by atomic mass is 79.9. The first kappa shape index (κ1) is 21.5. The van der Waals surface area contributed by atoms with E-state index in [-0.39, 0.29) is 12.4 Å². The minimum absolute atomic E-state index is 0.0447. The van der Waals surface area contributed by atoms with Crippen LogP contribution in [0.4, 0.5) is 0 Å². The van der Waals surface area contributed by atoms with Crippen molar-refractivity contribution in [1.82, 2.24) is 5.43 Å². The number of nitrogens with zero attached hydrogens (tertiary/aromatic N) is 1. The fourth-order valence-electron chi connectivity index (χ4n) is 2.44. The van der Waals surface area contributed by atoms with Crippen molar-refractivity contribution in [2.75, 3.05) is 6.61 Å². The van der Waals surface area contributed by atoms with Crippen LogP contribution < -0.4 is 10.2 Å². The summed E-state index contributed by atoms with van der Waals surface area (Å²) < 4.78 is 7.17. The number of rotatable bonds is 6. The molecule has 29 heavy (non-hydrogen) atoms. The number of carbonyl (C=O) groups excluding carboxylic acids is 1. The second kappa shape index (κ2) is 10.0. The van der Waals surface area contributed by atoms with Crippen molar-refractivity contribution >= 4 is 59.9 Å². The van der Waals surface area contributed by atoms with E-state index < -0.39 is 5.91 Å². The van der Waals surface area contributed by atoms with Crippen molar-refractivity contribution in [3.63, 3.8) is 0 Å². The summed E-state index contributed by atoms with van der Waals surface area (Å²) in [7, 11) is 0. The van der Waals surface area contributed by atoms with Crippen LogP contribution in [0.1, 0.15) is 5.56 Å². The standard InChI is InChI=1S/C21H15Br3N2O3/c22-17-10-18(23)21(28)20(24)16(17)11-25-26-19(27)12-29-15-8-6-14(7-9-15)13-4-2-1-3-5-13/h1-11,28H,12H2,(H,26,27). The molecule has 0 bridgehead atoms. The normalized spacial score (nSPS) is 10.9. The lowest BCUT2D eigenvalue weighted by Gasteiger charge is -2.08. The molecule has 3 aromatic carbocycles. The van der Waals surface area contributed by atoms with Crippen LogP contribution in [-0.4, -0.2) is 23.8 Å². The average molecular weight is 583 g/mol. The first-order valence-corrected chi connectivity index (χ1v) is 10.8. The maximum atomic E-state index is 12.0. The number of nitrogens with one attached hydrogen (secondary N) is 1. The number of ether oxygens (including phenoxy) is 1. The van der Waals surface area contributed by atoms with E-state index in [9.17, 15) is 9.90 Å². The van der Waals surface area contributed by atoms with Crippen molar-refractivity contribution in [1.29, 1.82) is 0 Å². The molecule has 2 N–H and O–H groups in total. The van der Waals surface area contributed by atoms with Gasteiger partial charge in [0.1, 0.15) is 11.5 Å². The molecule has 0 unspecified atom stereocenters. The average Bonchev–Trinajstić information content (AvgIpc) is 2.74. The number of amides is 1. The number of carbonyl (C=O) groups is 1. The molecule has 0 radical (unpaired) electrons. The Bertz CT molecular complexity index is 1040. The smallest absolute Gasteiger partial charge is 0.277 e. The molecule has 0 saturated heterocycles. The Labute approximate surface area is 193 Å². The quantitative estimate of drug-likeness (QED) is 0.282. The summed E-state index contributed by atoms with van der Waals surface area (Å²) in [6, 6.07) is 19.2. The van der Waals surface area contributed by atoms with Gasteiger partial charge in [-0.05, 0) is 61.2 Å². The Kier molecular flexibility index (Phi) is 7.46. The summed E-state index contributed by atoms with van der Waals surface area (Å²) in [5.74, 6) is 0.234. The number of halogens is 3. The minimum atomic E-state index is -0.401. The van der Waals surface area contributed by atoms with Gasteiger partial charge >= 0.3 is 0 Å². The zero-order valence-electron chi connectivity index (χ0n) is 14.9. The second-order valence-electron chi connectivity index (χ2n) is 5.89. The molecule has 3 aromatic rings. The van der Waals surface area contributed by atoms with E-state index in [0.717, 1.165) is 11.1 Å². The Morgan fingerprint density at radius 3 is 2.34 bits per heavy atom. The maximum Gasteiger partial charge on any atom is 0.277 e. The van der Waals surface area contributed by atoms with Crippen molar-refractivity contribution in [3.8, 4) is 22.6 Å². The number of hydrogen-bond donors (Lipinski definition) is 2. The minimum Gasteiger partial charge on any atom is -0.506 e. The van der Waals surface area contributed by atoms with Crippen LogP contribution in [0.5, 0.6) is 11.5 Å². The Morgan fingerprint density at radius 2 is 1.66 bits per heavy atom. The van der Waals surface area contributed by atoms with Crippen molar-refractivity contribution in [2.45, 2.75) is 0 Å². The van der Waals surface area contributed by atoms with Crippen molar-refractivity contribution in [2.24, 2.45) is 5.10 Å². The SMILES string of the molecule is O=C(COc1ccc(-c2ccccc2)cc1)NN=Cc1c(Br)cc(Br)c(O)c1Br. The van der Waals surface area contributed by atoms with Crippen LogP contribution >= 0.6 is 47.8 Å². The lowest BCUT2D eigenvalue weighted by molar-refractivity contribution is -0.123. The number of phenols is 1. The summed E-state index contributed by atoms with van der Waals surface area (Å²) in [5.41, 5.74) is 5.17. The molecule has 0 saturated carbocycles. The monoisotopic (exact) mass is 580 g/mol. The molecule has 0 fully saturated rings. The number of aromatic hydroxyl groups is 1. The summed E-state index contributed by atoms with van der Waals surface area (Å²) >= 11 is 9.92. The number of hydrogen-bond acceptors (Lipinski definition) is 4. The lowest BCUT2D eigenvalue weighted by atomic mass is 10.1. The topological polar surface area (TPSA) is 70.9 Å². The van der Waals surface area contributed by atoms with Gasteiger partial charge in [-0.1, -0.05) is 58.4 Å². The highest BCUT2D eigenvalue weighted by Crippen LogP contribution is 2.38. The highest BCUT2D eigenvalue weighted by Gasteiger charge is 2.12. The van der Waals surface area contributed by atoms with E-state index in [0.29, 0.717) is 24.7 Å². The number of hydrazone groups is 1. The summed E-state index contributed by atoms with van der Waals surface area (Å²) in [5, 5.41) is 13.8. The molecule has 0 aliphatic heterocycles. The van der Waals surface area contributed by atoms with Gasteiger partial charge in [0.2, 0.25) is 0 Å². The number of phenolic OH excluding ortho intramolecular Hbond substituents is 1. The van der Waals surface area contributed by atoms with E-state index in [1.165, 1.54) is 6.21 Å². The Hall–Kier alpha value is -2.16. The Balaban J connectivity index is 1.54. The molecule has 148 valence electrons. The zero-order valence-corrected chi connectivity index (χ0v) is 19.7. The summed E-state index contributed by atoms with van der Waals surface area (Å²) in [4.78, 5) is 12.0. The maximum absolute atomic E-state index is 12.0. The van der Waals surface area contributed by atoms with E-state index in [2.05, 4.69) is 58.3 Å². The molecule has 0 aliphatic carbocycles. The molecule has 0 heterocycles. The van der Waals surface area contributed by atoms with E-state index in [1.54, 1.807) is 6.07 Å². The van der Waals surface area contributed by atoms with Gasteiger partial charge in [0, 0.05) is 10.0 Å². The zero-order chi connectivity index (χ0) is 20.8. The Morgan fingerprint density at radius 1 is 1.00 bits per heavy atom. The van der Waals surface area contributed by atoms with E-state index >= 15 is 0 Å². The largest absolute Gasteiger partial charge is 0.506 e. The second-order valence-corrected chi connectivity index (χ2v) is 8.39. The summed E-state index contributed by atoms with van der Waals surface area (Å²) in [6.45, 7) is -0.171. The predicted octanol–water partition coefficient (Wildman–Crippen LogP) is 5.88. The molecule has 8 heteroatoms. The molecule has 3 rings (SSSR count). The van der Waals surface area contributed by atoms with Gasteiger partial charge in [0.05, 0.1) is 15.2 Å². The molecule has 0 aromatic heterocycles. The van der Waals surface area contributed by atoms with Crippen molar-refractivity contribution < 1.29 is 14.6 Å². The van der Waals surface area contributed by atoms with Gasteiger partial charge in [-0.2, -0.15) is 5.10 Å².